The number of carbonyl (C=O) groups is 4. The lowest BCUT2D eigenvalue weighted by atomic mass is 10.1. The van der Waals surface area contributed by atoms with Gasteiger partial charge in [0.2, 0.25) is 5.91 Å². The second-order valence-electron chi connectivity index (χ2n) is 5.97. The summed E-state index contributed by atoms with van der Waals surface area (Å²) in [5.74, 6) is -2.25. The fourth-order valence-electron chi connectivity index (χ4n) is 2.72. The molecule has 134 valence electrons. The molecule has 2 rings (SSSR count). The van der Waals surface area contributed by atoms with E-state index in [1.54, 1.807) is 4.90 Å². The fraction of sp³-hybridized carbons (Fsp3) is 0.412. The van der Waals surface area contributed by atoms with E-state index >= 15 is 0 Å². The zero-order chi connectivity index (χ0) is 18.6. The molecule has 1 aliphatic rings. The number of esters is 1. The van der Waals surface area contributed by atoms with E-state index in [2.05, 4.69) is 0 Å². The van der Waals surface area contributed by atoms with E-state index < -0.39 is 29.9 Å². The smallest absolute Gasteiger partial charge is 0.318 e. The molecule has 8 nitrogen and oxygen atoms in total. The van der Waals surface area contributed by atoms with Crippen molar-refractivity contribution in [1.29, 1.82) is 0 Å². The van der Waals surface area contributed by atoms with Gasteiger partial charge in [-0.05, 0) is 19.4 Å². The quantitative estimate of drug-likeness (QED) is 0.761. The van der Waals surface area contributed by atoms with Crippen LogP contribution in [0.15, 0.2) is 30.3 Å². The Morgan fingerprint density at radius 3 is 2.48 bits per heavy atom. The van der Waals surface area contributed by atoms with E-state index in [1.165, 1.54) is 6.92 Å². The molecule has 1 heterocycles. The summed E-state index contributed by atoms with van der Waals surface area (Å²) in [7, 11) is 0. The first-order chi connectivity index (χ1) is 11.8. The van der Waals surface area contributed by atoms with Gasteiger partial charge in [0, 0.05) is 13.0 Å². The number of benzene rings is 1. The van der Waals surface area contributed by atoms with Crippen molar-refractivity contribution >= 4 is 23.8 Å². The van der Waals surface area contributed by atoms with Gasteiger partial charge in [0.05, 0.1) is 12.0 Å². The molecule has 1 aromatic rings. The number of carbonyl (C=O) groups excluding carboxylic acids is 4. The third-order valence-electron chi connectivity index (χ3n) is 4.15. The van der Waals surface area contributed by atoms with Crippen LogP contribution in [0.25, 0.3) is 0 Å². The first kappa shape index (κ1) is 18.4. The highest BCUT2D eigenvalue weighted by atomic mass is 16.5. The van der Waals surface area contributed by atoms with Crippen LogP contribution < -0.4 is 11.1 Å². The highest BCUT2D eigenvalue weighted by Gasteiger charge is 2.38. The Kier molecular flexibility index (Phi) is 5.74. The third-order valence-corrected chi connectivity index (χ3v) is 4.15. The lowest BCUT2D eigenvalue weighted by Gasteiger charge is -2.25. The summed E-state index contributed by atoms with van der Waals surface area (Å²) in [6, 6.07) is 8.31. The monoisotopic (exact) mass is 347 g/mol. The van der Waals surface area contributed by atoms with E-state index in [0.717, 1.165) is 5.56 Å². The van der Waals surface area contributed by atoms with E-state index in [9.17, 15) is 19.2 Å². The summed E-state index contributed by atoms with van der Waals surface area (Å²) in [5.41, 5.74) is 5.82. The predicted octanol–water partition coefficient (Wildman–Crippen LogP) is 0.723. The standard InChI is InChI=1S/C17H21N3O5/c1-10(12-6-4-3-5-7-12)20-9-13(8-14(20)21)16(23)25-11(2)15(22)19-17(18)24/h3-7,10-11,13H,8-9H2,1-2H3,(H3,18,19,22,24)/t10-,11+,13+/m1/s1. The molecular weight excluding hydrogens is 326 g/mol. The molecule has 1 saturated heterocycles. The van der Waals surface area contributed by atoms with Crippen molar-refractivity contribution < 1.29 is 23.9 Å². The normalized spacial score (nSPS) is 19.2. The zero-order valence-electron chi connectivity index (χ0n) is 14.1. The number of amides is 4. The van der Waals surface area contributed by atoms with Gasteiger partial charge in [-0.1, -0.05) is 30.3 Å². The number of hydrogen-bond donors (Lipinski definition) is 2. The van der Waals surface area contributed by atoms with Crippen molar-refractivity contribution in [3.8, 4) is 0 Å². The molecule has 0 radical (unpaired) electrons. The van der Waals surface area contributed by atoms with E-state index in [4.69, 9.17) is 10.5 Å². The van der Waals surface area contributed by atoms with Crippen LogP contribution in [0, 0.1) is 5.92 Å². The minimum Gasteiger partial charge on any atom is -0.452 e. The summed E-state index contributed by atoms with van der Waals surface area (Å²) in [4.78, 5) is 48.3. The lowest BCUT2D eigenvalue weighted by molar-refractivity contribution is -0.158. The summed E-state index contributed by atoms with van der Waals surface area (Å²) < 4.78 is 5.04. The van der Waals surface area contributed by atoms with Gasteiger partial charge in [-0.2, -0.15) is 0 Å². The second kappa shape index (κ2) is 7.78. The first-order valence-electron chi connectivity index (χ1n) is 7.94. The minimum absolute atomic E-state index is 0.0279. The van der Waals surface area contributed by atoms with Gasteiger partial charge in [0.15, 0.2) is 6.10 Å². The van der Waals surface area contributed by atoms with Gasteiger partial charge in [-0.3, -0.25) is 19.7 Å². The van der Waals surface area contributed by atoms with Crippen LogP contribution >= 0.6 is 0 Å². The largest absolute Gasteiger partial charge is 0.452 e. The van der Waals surface area contributed by atoms with Crippen molar-refractivity contribution in [2.45, 2.75) is 32.4 Å². The van der Waals surface area contributed by atoms with Gasteiger partial charge in [-0.25, -0.2) is 4.79 Å². The van der Waals surface area contributed by atoms with Crippen LogP contribution in [0.1, 0.15) is 31.9 Å². The summed E-state index contributed by atoms with van der Waals surface area (Å²) in [5, 5.41) is 1.84. The van der Waals surface area contributed by atoms with Crippen LogP contribution in [-0.2, 0) is 19.1 Å². The van der Waals surface area contributed by atoms with Gasteiger partial charge < -0.3 is 15.4 Å². The summed E-state index contributed by atoms with van der Waals surface area (Å²) in [6.45, 7) is 3.44. The average Bonchev–Trinajstić information content (AvgIpc) is 2.96. The number of imide groups is 1. The van der Waals surface area contributed by atoms with Gasteiger partial charge in [-0.15, -0.1) is 0 Å². The van der Waals surface area contributed by atoms with Crippen LogP contribution in [0.3, 0.4) is 0 Å². The maximum Gasteiger partial charge on any atom is 0.318 e. The second-order valence-corrected chi connectivity index (χ2v) is 5.97. The van der Waals surface area contributed by atoms with Crippen molar-refractivity contribution in [3.05, 3.63) is 35.9 Å². The number of hydrogen-bond acceptors (Lipinski definition) is 5. The molecule has 3 atom stereocenters. The number of primary amides is 1. The molecule has 3 N–H and O–H groups in total. The highest BCUT2D eigenvalue weighted by molar-refractivity contribution is 5.96. The van der Waals surface area contributed by atoms with Crippen LogP contribution in [0.5, 0.6) is 0 Å². The van der Waals surface area contributed by atoms with E-state index in [-0.39, 0.29) is 24.9 Å². The van der Waals surface area contributed by atoms with Crippen LogP contribution in [0.4, 0.5) is 4.79 Å². The molecule has 4 amide bonds. The molecule has 0 bridgehead atoms. The molecule has 25 heavy (non-hydrogen) atoms. The lowest BCUT2D eigenvalue weighted by Crippen LogP contribution is -2.42. The molecule has 0 unspecified atom stereocenters. The van der Waals surface area contributed by atoms with Crippen molar-refractivity contribution in [3.63, 3.8) is 0 Å². The van der Waals surface area contributed by atoms with Gasteiger partial charge >= 0.3 is 12.0 Å². The topological polar surface area (TPSA) is 119 Å². The molecule has 0 saturated carbocycles. The Morgan fingerprint density at radius 2 is 1.88 bits per heavy atom. The Balaban J connectivity index is 1.96. The summed E-state index contributed by atoms with van der Waals surface area (Å²) >= 11 is 0. The van der Waals surface area contributed by atoms with E-state index in [0.29, 0.717) is 0 Å². The molecular formula is C17H21N3O5. The van der Waals surface area contributed by atoms with Gasteiger partial charge in [0.25, 0.3) is 5.91 Å². The number of rotatable bonds is 5. The maximum absolute atomic E-state index is 12.2. The van der Waals surface area contributed by atoms with Crippen LogP contribution in [-0.4, -0.2) is 41.4 Å². The number of nitrogens with two attached hydrogens (primary N) is 1. The average molecular weight is 347 g/mol. The molecule has 1 aromatic carbocycles. The number of ether oxygens (including phenoxy) is 1. The Morgan fingerprint density at radius 1 is 1.24 bits per heavy atom. The first-order valence-corrected chi connectivity index (χ1v) is 7.94. The zero-order valence-corrected chi connectivity index (χ0v) is 14.1. The maximum atomic E-state index is 12.2. The minimum atomic E-state index is -1.17. The van der Waals surface area contributed by atoms with Crippen molar-refractivity contribution in [2.75, 3.05) is 6.54 Å². The Bertz CT molecular complexity index is 676. The number of nitrogens with zero attached hydrogens (tertiary/aromatic N) is 1. The molecule has 1 fully saturated rings. The SMILES string of the molecule is C[C@H](OC(=O)[C@H]1CC(=O)N([C@H](C)c2ccccc2)C1)C(=O)NC(N)=O. The molecule has 1 aliphatic heterocycles. The van der Waals surface area contributed by atoms with Crippen molar-refractivity contribution in [2.24, 2.45) is 11.7 Å². The van der Waals surface area contributed by atoms with Gasteiger partial charge in [0.1, 0.15) is 0 Å². The molecule has 0 spiro atoms. The van der Waals surface area contributed by atoms with Crippen molar-refractivity contribution in [1.82, 2.24) is 10.2 Å². The molecule has 0 aromatic heterocycles. The number of nitrogens with one attached hydrogen (secondary N) is 1. The fourth-order valence-corrected chi connectivity index (χ4v) is 2.72. The Labute approximate surface area is 145 Å². The number of likely N-dealkylation sites (tertiary alicyclic amines) is 1. The number of urea groups is 1. The highest BCUT2D eigenvalue weighted by Crippen LogP contribution is 2.29. The summed E-state index contributed by atoms with van der Waals surface area (Å²) in [6.07, 6.45) is -1.14. The molecule has 0 aliphatic carbocycles. The molecule has 8 heteroatoms. The Hall–Kier alpha value is -2.90. The third kappa shape index (κ3) is 4.56. The van der Waals surface area contributed by atoms with E-state index in [1.807, 2.05) is 42.6 Å². The predicted molar refractivity (Wildman–Crippen MR) is 88.0 cm³/mol. The van der Waals surface area contributed by atoms with Crippen LogP contribution in [0.2, 0.25) is 0 Å².